The summed E-state index contributed by atoms with van der Waals surface area (Å²) in [4.78, 5) is 16.7. The molecule has 0 bridgehead atoms. The standard InChI is InChI=1S/C7H6N2.C6H8O2.K/c1-2-4-7-6(3-1)8-5-9-7;1-2-3-4-5-6(7)8;/h1-5H,(H,8,9);2-5H,1H3,(H,7,8);/q;;+1/p-1/b;3-2+,5-4+;. The molecule has 1 heterocycles. The van der Waals surface area contributed by atoms with Gasteiger partial charge in [-0.1, -0.05) is 30.4 Å². The van der Waals surface area contributed by atoms with E-state index in [1.54, 1.807) is 25.4 Å². The Morgan fingerprint density at radius 2 is 2.06 bits per heavy atom. The number of H-pyrrole nitrogens is 1. The number of imidazole rings is 1. The zero-order valence-electron chi connectivity index (χ0n) is 10.5. The second-order valence-corrected chi connectivity index (χ2v) is 3.12. The third kappa shape index (κ3) is 6.88. The van der Waals surface area contributed by atoms with Gasteiger partial charge in [-0.25, -0.2) is 4.98 Å². The number of carbonyl (C=O) groups is 1. The van der Waals surface area contributed by atoms with Crippen LogP contribution < -0.4 is 56.5 Å². The van der Waals surface area contributed by atoms with Crippen LogP contribution >= 0.6 is 0 Å². The van der Waals surface area contributed by atoms with Crippen molar-refractivity contribution in [2.75, 3.05) is 0 Å². The first kappa shape index (κ1) is 17.3. The van der Waals surface area contributed by atoms with Crippen molar-refractivity contribution >= 4 is 17.0 Å². The number of aromatic amines is 1. The van der Waals surface area contributed by atoms with Crippen LogP contribution in [0.1, 0.15) is 6.92 Å². The van der Waals surface area contributed by atoms with E-state index in [2.05, 4.69) is 9.97 Å². The van der Waals surface area contributed by atoms with E-state index in [0.29, 0.717) is 0 Å². The summed E-state index contributed by atoms with van der Waals surface area (Å²) in [6.45, 7) is 1.81. The summed E-state index contributed by atoms with van der Waals surface area (Å²) >= 11 is 0. The van der Waals surface area contributed by atoms with E-state index in [9.17, 15) is 9.90 Å². The number of benzene rings is 1. The maximum atomic E-state index is 9.64. The normalized spacial score (nSPS) is 10.1. The summed E-state index contributed by atoms with van der Waals surface area (Å²) in [5, 5.41) is 9.64. The van der Waals surface area contributed by atoms with Crippen LogP contribution in [0.15, 0.2) is 54.9 Å². The Kier molecular flexibility index (Phi) is 9.81. The van der Waals surface area contributed by atoms with Crippen molar-refractivity contribution in [3.05, 3.63) is 54.9 Å². The van der Waals surface area contributed by atoms with Gasteiger partial charge in [-0.2, -0.15) is 0 Å². The molecule has 0 aliphatic rings. The molecular formula is C13H13KN2O2. The Hall–Kier alpha value is -0.724. The largest absolute Gasteiger partial charge is 1.00 e. The number of nitrogens with one attached hydrogen (secondary N) is 1. The van der Waals surface area contributed by atoms with Crippen molar-refractivity contribution in [3.8, 4) is 0 Å². The van der Waals surface area contributed by atoms with E-state index in [1.807, 2.05) is 24.3 Å². The first-order chi connectivity index (χ1) is 8.24. The smallest absolute Gasteiger partial charge is 0.545 e. The van der Waals surface area contributed by atoms with E-state index in [-0.39, 0.29) is 51.4 Å². The van der Waals surface area contributed by atoms with Crippen LogP contribution in [0.5, 0.6) is 0 Å². The average Bonchev–Trinajstić information content (AvgIpc) is 2.78. The minimum absolute atomic E-state index is 0. The second-order valence-electron chi connectivity index (χ2n) is 3.12. The molecule has 4 nitrogen and oxygen atoms in total. The fourth-order valence-corrected chi connectivity index (χ4v) is 1.12. The molecule has 2 aromatic rings. The van der Waals surface area contributed by atoms with Crippen molar-refractivity contribution in [2.24, 2.45) is 0 Å². The number of allylic oxidation sites excluding steroid dienone is 3. The molecule has 0 aliphatic carbocycles. The number of aromatic nitrogens is 2. The molecule has 2 rings (SSSR count). The molecule has 5 heteroatoms. The molecular weight excluding hydrogens is 255 g/mol. The fourth-order valence-electron chi connectivity index (χ4n) is 1.12. The first-order valence-electron chi connectivity index (χ1n) is 5.12. The molecule has 0 spiro atoms. The van der Waals surface area contributed by atoms with E-state index in [0.717, 1.165) is 17.1 Å². The van der Waals surface area contributed by atoms with Gasteiger partial charge in [0.15, 0.2) is 0 Å². The number of fused-ring (bicyclic) bond motifs is 1. The summed E-state index contributed by atoms with van der Waals surface area (Å²) in [5.41, 5.74) is 2.12. The molecule has 1 N–H and O–H groups in total. The molecule has 88 valence electrons. The number of hydrogen-bond donors (Lipinski definition) is 1. The van der Waals surface area contributed by atoms with Gasteiger partial charge in [-0.05, 0) is 25.1 Å². The summed E-state index contributed by atoms with van der Waals surface area (Å²) in [6.07, 6.45) is 7.44. The Balaban J connectivity index is 0.000000308. The Labute approximate surface area is 148 Å². The van der Waals surface area contributed by atoms with E-state index < -0.39 is 5.97 Å². The average molecular weight is 268 g/mol. The van der Waals surface area contributed by atoms with Gasteiger partial charge in [-0.15, -0.1) is 0 Å². The molecule has 0 saturated carbocycles. The molecule has 0 unspecified atom stereocenters. The second kappa shape index (κ2) is 10.2. The number of carbonyl (C=O) groups excluding carboxylic acids is 1. The topological polar surface area (TPSA) is 68.8 Å². The van der Waals surface area contributed by atoms with Crippen molar-refractivity contribution < 1.29 is 61.3 Å². The molecule has 0 atom stereocenters. The van der Waals surface area contributed by atoms with E-state index in [4.69, 9.17) is 0 Å². The van der Waals surface area contributed by atoms with Crippen molar-refractivity contribution in [1.29, 1.82) is 0 Å². The number of nitrogens with zero attached hydrogens (tertiary/aromatic N) is 1. The van der Waals surface area contributed by atoms with Gasteiger partial charge in [0.05, 0.1) is 23.3 Å². The molecule has 18 heavy (non-hydrogen) atoms. The predicted molar refractivity (Wildman–Crippen MR) is 65.1 cm³/mol. The molecule has 1 aromatic heterocycles. The zero-order valence-corrected chi connectivity index (χ0v) is 13.6. The maximum Gasteiger partial charge on any atom is 1.00 e. The third-order valence-corrected chi connectivity index (χ3v) is 1.86. The van der Waals surface area contributed by atoms with Gasteiger partial charge in [0.2, 0.25) is 0 Å². The van der Waals surface area contributed by atoms with Gasteiger partial charge in [0.1, 0.15) is 0 Å². The summed E-state index contributed by atoms with van der Waals surface area (Å²) in [7, 11) is 0. The minimum Gasteiger partial charge on any atom is -0.545 e. The van der Waals surface area contributed by atoms with Crippen LogP contribution in [0.3, 0.4) is 0 Å². The quantitative estimate of drug-likeness (QED) is 0.407. The van der Waals surface area contributed by atoms with Crippen LogP contribution in [0.2, 0.25) is 0 Å². The number of carboxylic acids is 1. The molecule has 1 aromatic carbocycles. The van der Waals surface area contributed by atoms with Crippen LogP contribution in [-0.2, 0) is 4.79 Å². The number of hydrogen-bond acceptors (Lipinski definition) is 3. The Bertz CT molecular complexity index is 502. The van der Waals surface area contributed by atoms with Crippen molar-refractivity contribution in [3.63, 3.8) is 0 Å². The molecule has 0 radical (unpaired) electrons. The Morgan fingerprint density at radius 3 is 2.67 bits per heavy atom. The third-order valence-electron chi connectivity index (χ3n) is 1.86. The predicted octanol–water partition coefficient (Wildman–Crippen LogP) is -1.56. The molecule has 0 amide bonds. The van der Waals surface area contributed by atoms with Crippen LogP contribution in [0.25, 0.3) is 11.0 Å². The van der Waals surface area contributed by atoms with Gasteiger partial charge in [0, 0.05) is 0 Å². The number of rotatable bonds is 2. The van der Waals surface area contributed by atoms with Crippen molar-refractivity contribution in [2.45, 2.75) is 6.92 Å². The number of carboxylic acid groups (broad SMARTS) is 1. The molecule has 0 aliphatic heterocycles. The Morgan fingerprint density at radius 1 is 1.33 bits per heavy atom. The fraction of sp³-hybridized carbons (Fsp3) is 0.0769. The monoisotopic (exact) mass is 268 g/mol. The van der Waals surface area contributed by atoms with Crippen molar-refractivity contribution in [1.82, 2.24) is 9.97 Å². The van der Waals surface area contributed by atoms with Crippen LogP contribution in [0, 0.1) is 0 Å². The van der Waals surface area contributed by atoms with Crippen LogP contribution in [-0.4, -0.2) is 15.9 Å². The van der Waals surface area contributed by atoms with Gasteiger partial charge >= 0.3 is 51.4 Å². The maximum absolute atomic E-state index is 9.64. The zero-order chi connectivity index (χ0) is 12.5. The summed E-state index contributed by atoms with van der Waals surface area (Å²) in [5.74, 6) is -1.16. The molecule has 0 fully saturated rings. The van der Waals surface area contributed by atoms with Gasteiger partial charge < -0.3 is 14.9 Å². The SMILES string of the molecule is C/C=C/C=C/C(=O)[O-].[K+].c1ccc2[nH]cnc2c1. The minimum atomic E-state index is -1.16. The van der Waals surface area contributed by atoms with Gasteiger partial charge in [-0.3, -0.25) is 0 Å². The molecule has 0 saturated heterocycles. The number of aliphatic carboxylic acids is 1. The van der Waals surface area contributed by atoms with E-state index in [1.165, 1.54) is 6.08 Å². The van der Waals surface area contributed by atoms with E-state index >= 15 is 0 Å². The van der Waals surface area contributed by atoms with Crippen LogP contribution in [0.4, 0.5) is 0 Å². The summed E-state index contributed by atoms with van der Waals surface area (Å²) in [6, 6.07) is 7.94. The first-order valence-corrected chi connectivity index (χ1v) is 5.12. The summed E-state index contributed by atoms with van der Waals surface area (Å²) < 4.78 is 0. The van der Waals surface area contributed by atoms with Gasteiger partial charge in [0.25, 0.3) is 0 Å². The number of para-hydroxylation sites is 2.